The summed E-state index contributed by atoms with van der Waals surface area (Å²) in [6.07, 6.45) is 1.66. The third-order valence-corrected chi connectivity index (χ3v) is 8.48. The van der Waals surface area contributed by atoms with Crippen molar-refractivity contribution in [2.45, 2.75) is 38.1 Å². The quantitative estimate of drug-likeness (QED) is 0.380. The average Bonchev–Trinajstić information content (AvgIpc) is 3.19. The zero-order chi connectivity index (χ0) is 25.6. The molecule has 1 amide bonds. The Hall–Kier alpha value is -3.02. The molecule has 0 spiro atoms. The summed E-state index contributed by atoms with van der Waals surface area (Å²) >= 11 is 1.24. The fraction of sp³-hybridized carbons (Fsp3) is 0.375. The Morgan fingerprint density at radius 2 is 1.80 bits per heavy atom. The summed E-state index contributed by atoms with van der Waals surface area (Å²) in [7, 11) is -0.799. The molecule has 35 heavy (non-hydrogen) atoms. The van der Waals surface area contributed by atoms with Crippen LogP contribution >= 0.6 is 11.3 Å². The van der Waals surface area contributed by atoms with Crippen LogP contribution in [0, 0.1) is 0 Å². The number of aromatic nitrogens is 1. The number of nitrogens with zero attached hydrogens (tertiary/aromatic N) is 3. The molecule has 0 bridgehead atoms. The minimum atomic E-state index is -3.65. The first kappa shape index (κ1) is 26.6. The van der Waals surface area contributed by atoms with Crippen molar-refractivity contribution >= 4 is 43.5 Å². The third kappa shape index (κ3) is 5.98. The molecule has 0 unspecified atom stereocenters. The number of benzene rings is 2. The van der Waals surface area contributed by atoms with Gasteiger partial charge < -0.3 is 14.0 Å². The number of hydrogen-bond acceptors (Lipinski definition) is 7. The van der Waals surface area contributed by atoms with Crippen LogP contribution < -0.4 is 9.54 Å². The number of ether oxygens (including phenoxy) is 2. The van der Waals surface area contributed by atoms with E-state index in [1.54, 1.807) is 36.8 Å². The van der Waals surface area contributed by atoms with E-state index in [0.29, 0.717) is 29.2 Å². The molecule has 3 aromatic rings. The minimum absolute atomic E-state index is 0.114. The number of amides is 1. The minimum Gasteiger partial charge on any atom is -0.497 e. The highest BCUT2D eigenvalue weighted by molar-refractivity contribution is 7.89. The molecule has 3 rings (SSSR count). The second-order valence-electron chi connectivity index (χ2n) is 7.67. The monoisotopic (exact) mass is 519 g/mol. The van der Waals surface area contributed by atoms with Crippen LogP contribution in [0.25, 0.3) is 10.2 Å². The third-order valence-electron chi connectivity index (χ3n) is 5.45. The first-order chi connectivity index (χ1) is 16.7. The van der Waals surface area contributed by atoms with Crippen molar-refractivity contribution in [1.29, 1.82) is 0 Å². The van der Waals surface area contributed by atoms with Gasteiger partial charge in [-0.2, -0.15) is 9.30 Å². The molecule has 1 aromatic heterocycles. The molecule has 0 fully saturated rings. The molecule has 9 nitrogen and oxygen atoms in total. The highest BCUT2D eigenvalue weighted by atomic mass is 32.2. The zero-order valence-electron chi connectivity index (χ0n) is 20.2. The molecule has 0 N–H and O–H groups in total. The van der Waals surface area contributed by atoms with Gasteiger partial charge in [0.15, 0.2) is 4.80 Å². The van der Waals surface area contributed by atoms with Crippen molar-refractivity contribution in [3.05, 3.63) is 52.8 Å². The van der Waals surface area contributed by atoms with Gasteiger partial charge in [0.1, 0.15) is 12.3 Å². The van der Waals surface area contributed by atoms with Crippen molar-refractivity contribution in [1.82, 2.24) is 8.87 Å². The smallest absolute Gasteiger partial charge is 0.325 e. The largest absolute Gasteiger partial charge is 0.497 e. The standard InChI is InChI=1S/C24H29N3O6S2/c1-5-7-14-26(6-2)35(30,31)19-11-8-17(9-12-19)23(29)25-24-27(16-22(28)33-4)20-13-10-18(32-3)15-21(20)34-24/h8-13,15H,5-7,14,16H2,1-4H3. The first-order valence-corrected chi connectivity index (χ1v) is 13.4. The molecule has 2 aromatic carbocycles. The lowest BCUT2D eigenvalue weighted by molar-refractivity contribution is -0.141. The molecular formula is C24H29N3O6S2. The Labute approximate surface area is 208 Å². The first-order valence-electron chi connectivity index (χ1n) is 11.2. The number of fused-ring (bicyclic) bond motifs is 1. The van der Waals surface area contributed by atoms with Gasteiger partial charge in [-0.15, -0.1) is 0 Å². The van der Waals surface area contributed by atoms with Gasteiger partial charge in [-0.25, -0.2) is 8.42 Å². The number of carbonyl (C=O) groups excluding carboxylic acids is 2. The van der Waals surface area contributed by atoms with Gasteiger partial charge in [0.2, 0.25) is 10.0 Å². The maximum atomic E-state index is 12.9. The Morgan fingerprint density at radius 1 is 1.09 bits per heavy atom. The predicted octanol–water partition coefficient (Wildman–Crippen LogP) is 3.44. The lowest BCUT2D eigenvalue weighted by Crippen LogP contribution is -2.31. The van der Waals surface area contributed by atoms with Crippen LogP contribution in [0.4, 0.5) is 0 Å². The number of thiazole rings is 1. The Morgan fingerprint density at radius 3 is 2.40 bits per heavy atom. The van der Waals surface area contributed by atoms with Crippen LogP contribution in [0.3, 0.4) is 0 Å². The van der Waals surface area contributed by atoms with Crippen LogP contribution in [0.2, 0.25) is 0 Å². The zero-order valence-corrected chi connectivity index (χ0v) is 21.8. The van der Waals surface area contributed by atoms with Crippen LogP contribution in [-0.2, 0) is 26.1 Å². The van der Waals surface area contributed by atoms with Gasteiger partial charge in [0.25, 0.3) is 5.91 Å². The highest BCUT2D eigenvalue weighted by Crippen LogP contribution is 2.23. The molecule has 0 saturated carbocycles. The van der Waals surface area contributed by atoms with E-state index in [1.807, 2.05) is 6.92 Å². The molecule has 0 atom stereocenters. The summed E-state index contributed by atoms with van der Waals surface area (Å²) in [6.45, 7) is 4.51. The highest BCUT2D eigenvalue weighted by Gasteiger charge is 2.23. The second kappa shape index (κ2) is 11.6. The fourth-order valence-corrected chi connectivity index (χ4v) is 6.01. The molecule has 0 radical (unpaired) electrons. The number of rotatable bonds is 10. The Bertz CT molecular complexity index is 1370. The molecule has 11 heteroatoms. The summed E-state index contributed by atoms with van der Waals surface area (Å²) in [5.74, 6) is -0.393. The van der Waals surface area contributed by atoms with E-state index in [2.05, 4.69) is 4.99 Å². The van der Waals surface area contributed by atoms with Crippen molar-refractivity contribution in [3.8, 4) is 5.75 Å². The van der Waals surface area contributed by atoms with Gasteiger partial charge in [-0.3, -0.25) is 9.59 Å². The van der Waals surface area contributed by atoms with Crippen LogP contribution in [0.1, 0.15) is 37.0 Å². The van der Waals surface area contributed by atoms with Crippen LogP contribution in [0.5, 0.6) is 5.75 Å². The number of unbranched alkanes of at least 4 members (excludes halogenated alkanes) is 1. The van der Waals surface area contributed by atoms with E-state index in [9.17, 15) is 18.0 Å². The van der Waals surface area contributed by atoms with Gasteiger partial charge in [-0.05, 0) is 48.9 Å². The summed E-state index contributed by atoms with van der Waals surface area (Å²) in [4.78, 5) is 29.6. The number of methoxy groups -OCH3 is 2. The molecule has 0 aliphatic carbocycles. The normalized spacial score (nSPS) is 12.3. The maximum Gasteiger partial charge on any atom is 0.325 e. The SMILES string of the molecule is CCCCN(CC)S(=O)(=O)c1ccc(C(=O)N=c2sc3cc(OC)ccc3n2CC(=O)OC)cc1. The summed E-state index contributed by atoms with van der Waals surface area (Å²) in [5.41, 5.74) is 0.945. The van der Waals surface area contributed by atoms with Crippen molar-refractivity contribution in [2.75, 3.05) is 27.3 Å². The van der Waals surface area contributed by atoms with E-state index in [-0.39, 0.29) is 17.0 Å². The van der Waals surface area contributed by atoms with Gasteiger partial charge in [-0.1, -0.05) is 31.6 Å². The van der Waals surface area contributed by atoms with Gasteiger partial charge in [0.05, 0.1) is 29.3 Å². The topological polar surface area (TPSA) is 107 Å². The van der Waals surface area contributed by atoms with E-state index in [1.165, 1.54) is 47.0 Å². The average molecular weight is 520 g/mol. The van der Waals surface area contributed by atoms with E-state index >= 15 is 0 Å². The fourth-order valence-electron chi connectivity index (χ4n) is 3.46. The van der Waals surface area contributed by atoms with Gasteiger partial charge in [0, 0.05) is 18.7 Å². The molecule has 0 aliphatic heterocycles. The number of esters is 1. The summed E-state index contributed by atoms with van der Waals surface area (Å²) in [5, 5.41) is 0. The summed E-state index contributed by atoms with van der Waals surface area (Å²) in [6, 6.07) is 11.1. The number of sulfonamides is 1. The molecule has 188 valence electrons. The second-order valence-corrected chi connectivity index (χ2v) is 10.6. The van der Waals surface area contributed by atoms with Gasteiger partial charge >= 0.3 is 5.97 Å². The Kier molecular flexibility index (Phi) is 8.82. The molecule has 1 heterocycles. The maximum absolute atomic E-state index is 12.9. The van der Waals surface area contributed by atoms with Crippen molar-refractivity contribution in [2.24, 2.45) is 4.99 Å². The van der Waals surface area contributed by atoms with E-state index in [4.69, 9.17) is 9.47 Å². The lowest BCUT2D eigenvalue weighted by atomic mass is 10.2. The number of hydrogen-bond donors (Lipinski definition) is 0. The Balaban J connectivity index is 1.97. The molecular weight excluding hydrogens is 490 g/mol. The van der Waals surface area contributed by atoms with E-state index in [0.717, 1.165) is 17.5 Å². The van der Waals surface area contributed by atoms with Crippen LogP contribution in [-0.4, -0.2) is 56.5 Å². The van der Waals surface area contributed by atoms with Crippen molar-refractivity contribution < 1.29 is 27.5 Å². The van der Waals surface area contributed by atoms with E-state index < -0.39 is 21.9 Å². The van der Waals surface area contributed by atoms with Crippen LogP contribution in [0.15, 0.2) is 52.4 Å². The molecule has 0 saturated heterocycles. The predicted molar refractivity (Wildman–Crippen MR) is 134 cm³/mol. The molecule has 0 aliphatic rings. The van der Waals surface area contributed by atoms with Crippen molar-refractivity contribution in [3.63, 3.8) is 0 Å². The summed E-state index contributed by atoms with van der Waals surface area (Å²) < 4.78 is 39.7. The number of carbonyl (C=O) groups is 2. The lowest BCUT2D eigenvalue weighted by Gasteiger charge is -2.20.